The number of nitrogen functional groups attached to an aromatic ring is 1. The molecule has 0 bridgehead atoms. The number of aryl methyl sites for hydroxylation is 1. The van der Waals surface area contributed by atoms with Gasteiger partial charge in [0.1, 0.15) is 5.52 Å². The highest BCUT2D eigenvalue weighted by atomic mass is 16.1. The molecule has 2 aromatic rings. The van der Waals surface area contributed by atoms with Gasteiger partial charge in [-0.3, -0.25) is 4.57 Å². The van der Waals surface area contributed by atoms with Crippen molar-refractivity contribution in [2.75, 3.05) is 36.8 Å². The highest BCUT2D eigenvalue weighted by molar-refractivity contribution is 5.84. The van der Waals surface area contributed by atoms with Crippen LogP contribution in [0.3, 0.4) is 0 Å². The van der Waals surface area contributed by atoms with E-state index >= 15 is 0 Å². The van der Waals surface area contributed by atoms with E-state index in [0.717, 1.165) is 26.2 Å². The lowest BCUT2D eigenvalue weighted by Crippen LogP contribution is -2.44. The van der Waals surface area contributed by atoms with E-state index in [2.05, 4.69) is 25.2 Å². The van der Waals surface area contributed by atoms with Gasteiger partial charge in [0.25, 0.3) is 0 Å². The van der Waals surface area contributed by atoms with Crippen molar-refractivity contribution in [1.29, 1.82) is 0 Å². The minimum absolute atomic E-state index is 0.186. The van der Waals surface area contributed by atoms with Crippen LogP contribution in [0.2, 0.25) is 0 Å². The first-order chi connectivity index (χ1) is 8.66. The van der Waals surface area contributed by atoms with E-state index < -0.39 is 0 Å². The topological polar surface area (TPSA) is 105 Å². The van der Waals surface area contributed by atoms with Crippen LogP contribution in [0.4, 0.5) is 11.8 Å². The maximum Gasteiger partial charge on any atom is 0.327 e. The number of nitrogens with one attached hydrogen (secondary N) is 2. The summed E-state index contributed by atoms with van der Waals surface area (Å²) in [6.07, 6.45) is 0. The van der Waals surface area contributed by atoms with Gasteiger partial charge in [0.15, 0.2) is 11.5 Å². The Morgan fingerprint density at radius 1 is 1.28 bits per heavy atom. The zero-order valence-electron chi connectivity index (χ0n) is 10.1. The molecule has 3 rings (SSSR count). The van der Waals surface area contributed by atoms with Crippen molar-refractivity contribution in [3.63, 3.8) is 0 Å². The molecule has 0 amide bonds. The standard InChI is InChI=1S/C10H15N7O/c1-16-7-6(13-10(16)18)8(15-9(11)14-7)17-4-2-12-3-5-17/h12H,2-5H2,1H3,(H,13,18)(H2,11,14,15). The number of aromatic amines is 1. The number of H-pyrrole nitrogens is 1. The number of piperazine rings is 1. The molecule has 1 fully saturated rings. The molecule has 1 aliphatic heterocycles. The SMILES string of the molecule is Cn1c(=O)[nH]c2c(N3CCNCC3)nc(N)nc21. The zero-order chi connectivity index (χ0) is 12.7. The van der Waals surface area contributed by atoms with Crippen LogP contribution in [-0.2, 0) is 7.05 Å². The van der Waals surface area contributed by atoms with Crippen LogP contribution in [0, 0.1) is 0 Å². The van der Waals surface area contributed by atoms with Gasteiger partial charge in [0, 0.05) is 33.2 Å². The van der Waals surface area contributed by atoms with E-state index in [1.165, 1.54) is 4.57 Å². The van der Waals surface area contributed by atoms with Gasteiger partial charge in [0.2, 0.25) is 5.95 Å². The van der Waals surface area contributed by atoms with Crippen molar-refractivity contribution in [1.82, 2.24) is 24.8 Å². The molecule has 2 aromatic heterocycles. The zero-order valence-corrected chi connectivity index (χ0v) is 10.1. The summed E-state index contributed by atoms with van der Waals surface area (Å²) in [4.78, 5) is 24.9. The van der Waals surface area contributed by atoms with Crippen LogP contribution >= 0.6 is 0 Å². The van der Waals surface area contributed by atoms with E-state index in [1.807, 2.05) is 0 Å². The third-order valence-corrected chi connectivity index (χ3v) is 3.16. The summed E-state index contributed by atoms with van der Waals surface area (Å²) in [6, 6.07) is 0. The normalized spacial score (nSPS) is 16.4. The monoisotopic (exact) mass is 249 g/mol. The molecule has 8 nitrogen and oxygen atoms in total. The second-order valence-corrected chi connectivity index (χ2v) is 4.33. The average Bonchev–Trinajstić information content (AvgIpc) is 2.66. The number of nitrogens with zero attached hydrogens (tertiary/aromatic N) is 4. The van der Waals surface area contributed by atoms with Crippen LogP contribution in [0.5, 0.6) is 0 Å². The van der Waals surface area contributed by atoms with Gasteiger partial charge >= 0.3 is 5.69 Å². The second kappa shape index (κ2) is 3.98. The molecular weight excluding hydrogens is 234 g/mol. The summed E-state index contributed by atoms with van der Waals surface area (Å²) in [6.45, 7) is 3.45. The molecule has 4 N–H and O–H groups in total. The Bertz CT molecular complexity index is 637. The lowest BCUT2D eigenvalue weighted by Gasteiger charge is -2.28. The second-order valence-electron chi connectivity index (χ2n) is 4.33. The lowest BCUT2D eigenvalue weighted by atomic mass is 10.3. The fourth-order valence-corrected chi connectivity index (χ4v) is 2.20. The molecule has 0 unspecified atom stereocenters. The van der Waals surface area contributed by atoms with Gasteiger partial charge in [-0.1, -0.05) is 0 Å². The van der Waals surface area contributed by atoms with Crippen molar-refractivity contribution in [2.24, 2.45) is 7.05 Å². The minimum Gasteiger partial charge on any atom is -0.368 e. The number of imidazole rings is 1. The Hall–Kier alpha value is -2.09. The third kappa shape index (κ3) is 1.61. The molecule has 0 spiro atoms. The molecule has 1 aliphatic rings. The van der Waals surface area contributed by atoms with Crippen LogP contribution in [0.15, 0.2) is 4.79 Å². The molecule has 0 radical (unpaired) electrons. The van der Waals surface area contributed by atoms with Crippen molar-refractivity contribution in [3.8, 4) is 0 Å². The highest BCUT2D eigenvalue weighted by Gasteiger charge is 2.19. The molecule has 0 atom stereocenters. The first kappa shape index (κ1) is 11.0. The predicted octanol–water partition coefficient (Wildman–Crippen LogP) is -1.35. The average molecular weight is 249 g/mol. The molecule has 0 aromatic carbocycles. The van der Waals surface area contributed by atoms with E-state index in [1.54, 1.807) is 7.05 Å². The number of rotatable bonds is 1. The summed E-state index contributed by atoms with van der Waals surface area (Å²) in [5.41, 5.74) is 6.70. The number of hydrogen-bond acceptors (Lipinski definition) is 6. The Kier molecular flexibility index (Phi) is 2.44. The predicted molar refractivity (Wildman–Crippen MR) is 68.6 cm³/mol. The summed E-state index contributed by atoms with van der Waals surface area (Å²) in [5.74, 6) is 0.891. The Balaban J connectivity index is 2.21. The molecule has 1 saturated heterocycles. The number of fused-ring (bicyclic) bond motifs is 1. The first-order valence-electron chi connectivity index (χ1n) is 5.84. The maximum atomic E-state index is 11.7. The van der Waals surface area contributed by atoms with Gasteiger partial charge in [-0.15, -0.1) is 0 Å². The molecule has 0 aliphatic carbocycles. The van der Waals surface area contributed by atoms with Crippen molar-refractivity contribution in [2.45, 2.75) is 0 Å². The van der Waals surface area contributed by atoms with Crippen molar-refractivity contribution >= 4 is 22.9 Å². The van der Waals surface area contributed by atoms with Gasteiger partial charge < -0.3 is 20.9 Å². The third-order valence-electron chi connectivity index (χ3n) is 3.16. The van der Waals surface area contributed by atoms with E-state index in [0.29, 0.717) is 17.0 Å². The number of nitrogens with two attached hydrogens (primary N) is 1. The Morgan fingerprint density at radius 2 is 2.00 bits per heavy atom. The van der Waals surface area contributed by atoms with Crippen molar-refractivity contribution in [3.05, 3.63) is 10.5 Å². The summed E-state index contributed by atoms with van der Waals surface area (Å²) in [5, 5.41) is 3.27. The number of aromatic nitrogens is 4. The molecule has 96 valence electrons. The molecular formula is C10H15N7O. The number of hydrogen-bond donors (Lipinski definition) is 3. The van der Waals surface area contributed by atoms with E-state index in [-0.39, 0.29) is 11.6 Å². The quantitative estimate of drug-likeness (QED) is 0.577. The van der Waals surface area contributed by atoms with Gasteiger partial charge in [-0.25, -0.2) is 4.79 Å². The summed E-state index contributed by atoms with van der Waals surface area (Å²) < 4.78 is 1.44. The maximum absolute atomic E-state index is 11.7. The van der Waals surface area contributed by atoms with Crippen molar-refractivity contribution < 1.29 is 0 Å². The molecule has 3 heterocycles. The van der Waals surface area contributed by atoms with Gasteiger partial charge in [-0.2, -0.15) is 9.97 Å². The van der Waals surface area contributed by atoms with Crippen LogP contribution in [0.25, 0.3) is 11.2 Å². The smallest absolute Gasteiger partial charge is 0.327 e. The fourth-order valence-electron chi connectivity index (χ4n) is 2.20. The number of anilines is 2. The molecule has 8 heteroatoms. The van der Waals surface area contributed by atoms with Gasteiger partial charge in [-0.05, 0) is 0 Å². The van der Waals surface area contributed by atoms with Crippen LogP contribution < -0.4 is 21.6 Å². The highest BCUT2D eigenvalue weighted by Crippen LogP contribution is 2.21. The summed E-state index contributed by atoms with van der Waals surface area (Å²) >= 11 is 0. The Morgan fingerprint density at radius 3 is 2.72 bits per heavy atom. The lowest BCUT2D eigenvalue weighted by molar-refractivity contribution is 0.586. The first-order valence-corrected chi connectivity index (χ1v) is 5.84. The molecule has 0 saturated carbocycles. The largest absolute Gasteiger partial charge is 0.368 e. The van der Waals surface area contributed by atoms with Gasteiger partial charge in [0.05, 0.1) is 0 Å². The molecule has 18 heavy (non-hydrogen) atoms. The van der Waals surface area contributed by atoms with Crippen LogP contribution in [-0.4, -0.2) is 45.7 Å². The fraction of sp³-hybridized carbons (Fsp3) is 0.500. The van der Waals surface area contributed by atoms with E-state index in [9.17, 15) is 4.79 Å². The van der Waals surface area contributed by atoms with E-state index in [4.69, 9.17) is 5.73 Å². The van der Waals surface area contributed by atoms with Crippen LogP contribution in [0.1, 0.15) is 0 Å². The summed E-state index contributed by atoms with van der Waals surface area (Å²) in [7, 11) is 1.66. The Labute approximate surface area is 103 Å². The minimum atomic E-state index is -0.207.